The summed E-state index contributed by atoms with van der Waals surface area (Å²) in [5.41, 5.74) is 8.54. The SMILES string of the molecule is CC(C)[Si](C#Cc1cc(=O)[nH]c2nc(Nc3ccc(N4CCN(C)CC4)c(CC(=O)NCCO)c3)ncc12)(C(C)C)C(C)C. The molecule has 1 aliphatic heterocycles. The van der Waals surface area contributed by atoms with Gasteiger partial charge in [-0.25, -0.2) is 4.98 Å². The molecule has 1 fully saturated rings. The van der Waals surface area contributed by atoms with E-state index < -0.39 is 8.07 Å². The van der Waals surface area contributed by atoms with Gasteiger partial charge in [-0.3, -0.25) is 9.59 Å². The van der Waals surface area contributed by atoms with E-state index in [0.29, 0.717) is 39.2 Å². The van der Waals surface area contributed by atoms with Crippen LogP contribution in [0.2, 0.25) is 16.6 Å². The number of anilines is 3. The Balaban J connectivity index is 1.66. The zero-order valence-corrected chi connectivity index (χ0v) is 28.1. The number of likely N-dealkylation sites (N-methyl/N-ethyl adjacent to an activating group) is 1. The number of benzene rings is 1. The van der Waals surface area contributed by atoms with Crippen LogP contribution in [-0.2, 0) is 11.2 Å². The molecule has 1 amide bonds. The molecule has 0 atom stereocenters. The fraction of sp³-hybridized carbons (Fsp3) is 0.515. The molecule has 0 unspecified atom stereocenters. The number of amides is 1. The number of nitrogens with zero attached hydrogens (tertiary/aromatic N) is 4. The first-order chi connectivity index (χ1) is 20.9. The maximum Gasteiger partial charge on any atom is 0.250 e. The van der Waals surface area contributed by atoms with E-state index in [4.69, 9.17) is 5.11 Å². The van der Waals surface area contributed by atoms with Crippen molar-refractivity contribution >= 4 is 42.3 Å². The Morgan fingerprint density at radius 1 is 1.07 bits per heavy atom. The highest BCUT2D eigenvalue weighted by atomic mass is 28.3. The summed E-state index contributed by atoms with van der Waals surface area (Å²) < 4.78 is 0. The molecule has 44 heavy (non-hydrogen) atoms. The fourth-order valence-corrected chi connectivity index (χ4v) is 11.7. The summed E-state index contributed by atoms with van der Waals surface area (Å²) >= 11 is 0. The molecule has 1 aromatic carbocycles. The second kappa shape index (κ2) is 14.4. The minimum Gasteiger partial charge on any atom is -0.395 e. The molecule has 3 heterocycles. The predicted molar refractivity (Wildman–Crippen MR) is 181 cm³/mol. The lowest BCUT2D eigenvalue weighted by molar-refractivity contribution is -0.120. The van der Waals surface area contributed by atoms with Gasteiger partial charge in [-0.2, -0.15) is 4.98 Å². The number of nitrogens with one attached hydrogen (secondary N) is 3. The summed E-state index contributed by atoms with van der Waals surface area (Å²) in [5, 5.41) is 15.8. The molecule has 0 aliphatic carbocycles. The summed E-state index contributed by atoms with van der Waals surface area (Å²) in [7, 11) is 0.113. The van der Waals surface area contributed by atoms with Crippen LogP contribution in [0.3, 0.4) is 0 Å². The van der Waals surface area contributed by atoms with E-state index in [1.165, 1.54) is 6.07 Å². The lowest BCUT2D eigenvalue weighted by Crippen LogP contribution is -2.45. The largest absolute Gasteiger partial charge is 0.395 e. The van der Waals surface area contributed by atoms with Crippen molar-refractivity contribution < 1.29 is 9.90 Å². The molecule has 11 heteroatoms. The van der Waals surface area contributed by atoms with Crippen molar-refractivity contribution in [3.63, 3.8) is 0 Å². The highest BCUT2D eigenvalue weighted by Crippen LogP contribution is 2.41. The van der Waals surface area contributed by atoms with E-state index in [9.17, 15) is 9.59 Å². The average Bonchev–Trinajstić information content (AvgIpc) is 2.96. The molecule has 0 bridgehead atoms. The van der Waals surface area contributed by atoms with Crippen molar-refractivity contribution in [1.29, 1.82) is 0 Å². The Kier molecular flexibility index (Phi) is 10.8. The molecule has 0 radical (unpaired) electrons. The van der Waals surface area contributed by atoms with Crippen molar-refractivity contribution in [3.05, 3.63) is 51.9 Å². The number of hydrogen-bond acceptors (Lipinski definition) is 8. The number of hydrogen-bond donors (Lipinski definition) is 4. The van der Waals surface area contributed by atoms with Crippen molar-refractivity contribution in [3.8, 4) is 11.5 Å². The van der Waals surface area contributed by atoms with Crippen molar-refractivity contribution in [2.75, 3.05) is 56.6 Å². The minimum atomic E-state index is -2.00. The van der Waals surface area contributed by atoms with Crippen LogP contribution in [0.25, 0.3) is 11.0 Å². The van der Waals surface area contributed by atoms with Crippen LogP contribution in [0.5, 0.6) is 0 Å². The van der Waals surface area contributed by atoms with Crippen LogP contribution in [-0.4, -0.2) is 85.3 Å². The number of fused-ring (bicyclic) bond motifs is 1. The lowest BCUT2D eigenvalue weighted by atomic mass is 10.1. The van der Waals surface area contributed by atoms with Gasteiger partial charge in [0.15, 0.2) is 0 Å². The van der Waals surface area contributed by atoms with Gasteiger partial charge in [-0.1, -0.05) is 47.5 Å². The van der Waals surface area contributed by atoms with Gasteiger partial charge < -0.3 is 30.5 Å². The predicted octanol–water partition coefficient (Wildman–Crippen LogP) is 4.03. The van der Waals surface area contributed by atoms with Gasteiger partial charge in [0.25, 0.3) is 5.56 Å². The number of aromatic nitrogens is 3. The average molecular weight is 618 g/mol. The van der Waals surface area contributed by atoms with Gasteiger partial charge in [0, 0.05) is 61.9 Å². The molecule has 0 spiro atoms. The van der Waals surface area contributed by atoms with E-state index in [2.05, 4.69) is 95.4 Å². The smallest absolute Gasteiger partial charge is 0.250 e. The molecule has 2 aromatic heterocycles. The van der Waals surface area contributed by atoms with E-state index in [1.807, 2.05) is 18.2 Å². The molecule has 4 rings (SSSR count). The van der Waals surface area contributed by atoms with Gasteiger partial charge in [-0.15, -0.1) is 5.54 Å². The molecule has 4 N–H and O–H groups in total. The van der Waals surface area contributed by atoms with Crippen molar-refractivity contribution in [2.24, 2.45) is 0 Å². The maximum absolute atomic E-state index is 12.7. The number of carbonyl (C=O) groups is 1. The van der Waals surface area contributed by atoms with E-state index >= 15 is 0 Å². The maximum atomic E-state index is 12.7. The number of aliphatic hydroxyl groups excluding tert-OH is 1. The zero-order chi connectivity index (χ0) is 32.0. The molecular formula is C33H47N7O3Si. The Labute approximate surface area is 261 Å². The first-order valence-electron chi connectivity index (χ1n) is 15.6. The van der Waals surface area contributed by atoms with Crippen LogP contribution in [0.15, 0.2) is 35.3 Å². The number of H-pyrrole nitrogens is 1. The Morgan fingerprint density at radius 3 is 2.39 bits per heavy atom. The highest BCUT2D eigenvalue weighted by Gasteiger charge is 2.41. The molecule has 10 nitrogen and oxygen atoms in total. The Morgan fingerprint density at radius 2 is 1.75 bits per heavy atom. The van der Waals surface area contributed by atoms with E-state index in [-0.39, 0.29) is 31.0 Å². The summed E-state index contributed by atoms with van der Waals surface area (Å²) in [5.74, 6) is 3.57. The van der Waals surface area contributed by atoms with Crippen LogP contribution in [0.4, 0.5) is 17.3 Å². The monoisotopic (exact) mass is 617 g/mol. The number of pyridine rings is 1. The standard InChI is InChI=1S/C33H47N7O3Si/c1-22(2)44(23(3)4,24(5)6)17-10-25-19-31(43)37-32-28(25)21-35-33(38-32)36-27-8-9-29(40-14-12-39(7)13-15-40)26(18-27)20-30(42)34-11-16-41/h8-9,18-19,21-24,41H,11-16,20H2,1-7H3,(H,34,42)(H2,35,36,37,38,43). The summed E-state index contributed by atoms with van der Waals surface area (Å²) in [4.78, 5) is 41.9. The van der Waals surface area contributed by atoms with Crippen molar-refractivity contribution in [1.82, 2.24) is 25.2 Å². The Hall–Kier alpha value is -3.72. The topological polar surface area (TPSA) is 126 Å². The molecule has 1 saturated heterocycles. The lowest BCUT2D eigenvalue weighted by Gasteiger charge is -2.38. The molecule has 1 aliphatic rings. The summed E-state index contributed by atoms with van der Waals surface area (Å²) in [6.45, 7) is 17.3. The third kappa shape index (κ3) is 7.49. The second-order valence-corrected chi connectivity index (χ2v) is 18.2. The zero-order valence-electron chi connectivity index (χ0n) is 27.1. The van der Waals surface area contributed by atoms with Gasteiger partial charge >= 0.3 is 0 Å². The first kappa shape index (κ1) is 33.2. The van der Waals surface area contributed by atoms with Crippen LogP contribution < -0.4 is 21.1 Å². The van der Waals surface area contributed by atoms with E-state index in [1.54, 1.807) is 6.20 Å². The number of aliphatic hydroxyl groups is 1. The third-order valence-electron chi connectivity index (χ3n) is 8.84. The number of carbonyl (C=O) groups excluding carboxylic acids is 1. The molecular weight excluding hydrogens is 570 g/mol. The van der Waals surface area contributed by atoms with E-state index in [0.717, 1.165) is 43.1 Å². The number of piperazine rings is 1. The first-order valence-corrected chi connectivity index (χ1v) is 17.8. The van der Waals surface area contributed by atoms with Gasteiger partial charge in [0.1, 0.15) is 13.7 Å². The summed E-state index contributed by atoms with van der Waals surface area (Å²) in [6, 6.07) is 7.46. The second-order valence-electron chi connectivity index (χ2n) is 12.7. The normalized spacial score (nSPS) is 14.3. The van der Waals surface area contributed by atoms with Crippen molar-refractivity contribution in [2.45, 2.75) is 64.6 Å². The third-order valence-corrected chi connectivity index (χ3v) is 15.1. The number of rotatable bonds is 10. The minimum absolute atomic E-state index is 0.108. The Bertz CT molecular complexity index is 1560. The highest BCUT2D eigenvalue weighted by molar-refractivity contribution is 6.90. The van der Waals surface area contributed by atoms with Gasteiger partial charge in [0.05, 0.1) is 18.4 Å². The fourth-order valence-electron chi connectivity index (χ4n) is 6.53. The van der Waals surface area contributed by atoms with Crippen LogP contribution in [0, 0.1) is 11.5 Å². The number of aromatic amines is 1. The van der Waals surface area contributed by atoms with Crippen LogP contribution >= 0.6 is 0 Å². The molecule has 0 saturated carbocycles. The van der Waals surface area contributed by atoms with Gasteiger partial charge in [-0.05, 0) is 47.4 Å². The van der Waals surface area contributed by atoms with Gasteiger partial charge in [0.2, 0.25) is 11.9 Å². The molecule has 3 aromatic rings. The molecule has 236 valence electrons. The van der Waals surface area contributed by atoms with Crippen LogP contribution in [0.1, 0.15) is 52.7 Å². The summed E-state index contributed by atoms with van der Waals surface area (Å²) in [6.07, 6.45) is 1.88. The quantitative estimate of drug-likeness (QED) is 0.199.